The maximum absolute atomic E-state index is 12.9. The van der Waals surface area contributed by atoms with Gasteiger partial charge >= 0.3 is 6.18 Å². The fraction of sp³-hybridized carbons (Fsp3) is 0.222. The van der Waals surface area contributed by atoms with Crippen molar-refractivity contribution in [3.05, 3.63) is 64.2 Å². The molecule has 0 unspecified atom stereocenters. The van der Waals surface area contributed by atoms with E-state index in [2.05, 4.69) is 15.3 Å². The highest BCUT2D eigenvalue weighted by Gasteiger charge is 2.30. The Kier molecular flexibility index (Phi) is 4.94. The Bertz CT molecular complexity index is 982. The third-order valence-electron chi connectivity index (χ3n) is 3.90. The average molecular weight is 362 g/mol. The van der Waals surface area contributed by atoms with Crippen LogP contribution in [0.1, 0.15) is 17.7 Å². The molecule has 2 heterocycles. The zero-order chi connectivity index (χ0) is 18.7. The number of aryl methyl sites for hydroxylation is 1. The van der Waals surface area contributed by atoms with Crippen molar-refractivity contribution in [1.29, 1.82) is 0 Å². The minimum absolute atomic E-state index is 0.202. The van der Waals surface area contributed by atoms with Gasteiger partial charge in [0.05, 0.1) is 10.9 Å². The van der Waals surface area contributed by atoms with Crippen molar-refractivity contribution in [2.45, 2.75) is 19.0 Å². The summed E-state index contributed by atoms with van der Waals surface area (Å²) in [4.78, 5) is 19.2. The summed E-state index contributed by atoms with van der Waals surface area (Å²) < 4.78 is 38.8. The van der Waals surface area contributed by atoms with E-state index in [1.165, 1.54) is 18.3 Å². The van der Waals surface area contributed by atoms with Crippen LogP contribution in [0.5, 0.6) is 0 Å². The van der Waals surface area contributed by atoms with Gasteiger partial charge in [-0.2, -0.15) is 13.2 Å². The molecule has 2 aromatic heterocycles. The number of halogens is 3. The van der Waals surface area contributed by atoms with Crippen molar-refractivity contribution in [3.8, 4) is 0 Å². The number of pyridine rings is 2. The molecule has 0 saturated heterocycles. The number of H-pyrrole nitrogens is 1. The minimum atomic E-state index is -4.45. The third kappa shape index (κ3) is 3.85. The second-order valence-electron chi connectivity index (χ2n) is 5.83. The molecular formula is C18H17F3N4O. The first kappa shape index (κ1) is 17.9. The maximum Gasteiger partial charge on any atom is 0.416 e. The van der Waals surface area contributed by atoms with Gasteiger partial charge in [-0.3, -0.25) is 4.79 Å². The first-order chi connectivity index (χ1) is 12.4. The van der Waals surface area contributed by atoms with Crippen molar-refractivity contribution in [2.24, 2.45) is 5.73 Å². The van der Waals surface area contributed by atoms with Crippen molar-refractivity contribution in [1.82, 2.24) is 9.97 Å². The predicted molar refractivity (Wildman–Crippen MR) is 94.5 cm³/mol. The van der Waals surface area contributed by atoms with E-state index < -0.39 is 11.7 Å². The summed E-state index contributed by atoms with van der Waals surface area (Å²) >= 11 is 0. The molecule has 0 aliphatic rings. The molecule has 0 amide bonds. The first-order valence-electron chi connectivity index (χ1n) is 8.04. The zero-order valence-electron chi connectivity index (χ0n) is 13.7. The number of nitrogens with zero attached hydrogens (tertiary/aromatic N) is 1. The summed E-state index contributed by atoms with van der Waals surface area (Å²) in [6.07, 6.45) is -1.61. The van der Waals surface area contributed by atoms with E-state index in [1.807, 2.05) is 0 Å². The SMILES string of the molecule is NCCCc1cc2cc[nH]c(=O)c2c(Nc2cccc(C(F)(F)F)c2)n1. The number of alkyl halides is 3. The van der Waals surface area contributed by atoms with E-state index in [-0.39, 0.29) is 17.1 Å². The molecule has 0 saturated carbocycles. The van der Waals surface area contributed by atoms with Crippen LogP contribution in [-0.4, -0.2) is 16.5 Å². The van der Waals surface area contributed by atoms with Crippen LogP contribution >= 0.6 is 0 Å². The van der Waals surface area contributed by atoms with Crippen LogP contribution in [-0.2, 0) is 12.6 Å². The Balaban J connectivity index is 2.07. The van der Waals surface area contributed by atoms with Crippen molar-refractivity contribution < 1.29 is 13.2 Å². The quantitative estimate of drug-likeness (QED) is 0.648. The van der Waals surface area contributed by atoms with Crippen LogP contribution in [0.4, 0.5) is 24.7 Å². The first-order valence-corrected chi connectivity index (χ1v) is 8.04. The van der Waals surface area contributed by atoms with Crippen molar-refractivity contribution in [3.63, 3.8) is 0 Å². The Morgan fingerprint density at radius 2 is 2.00 bits per heavy atom. The topological polar surface area (TPSA) is 83.8 Å². The number of nitrogens with two attached hydrogens (primary N) is 1. The molecule has 8 heteroatoms. The number of rotatable bonds is 5. The second kappa shape index (κ2) is 7.17. The van der Waals surface area contributed by atoms with E-state index >= 15 is 0 Å². The smallest absolute Gasteiger partial charge is 0.340 e. The number of benzene rings is 1. The van der Waals surface area contributed by atoms with Gasteiger partial charge in [-0.05, 0) is 55.1 Å². The fourth-order valence-electron chi connectivity index (χ4n) is 2.68. The summed E-state index contributed by atoms with van der Waals surface area (Å²) in [5.41, 5.74) is 5.30. The molecule has 0 atom stereocenters. The Morgan fingerprint density at radius 1 is 1.19 bits per heavy atom. The van der Waals surface area contributed by atoms with Crippen LogP contribution in [0, 0.1) is 0 Å². The summed E-state index contributed by atoms with van der Waals surface area (Å²) in [5, 5.41) is 3.81. The van der Waals surface area contributed by atoms with E-state index in [9.17, 15) is 18.0 Å². The van der Waals surface area contributed by atoms with E-state index in [0.717, 1.165) is 12.1 Å². The van der Waals surface area contributed by atoms with Gasteiger partial charge in [-0.15, -0.1) is 0 Å². The number of aromatic amines is 1. The van der Waals surface area contributed by atoms with E-state index in [4.69, 9.17) is 5.73 Å². The van der Waals surface area contributed by atoms with Gasteiger partial charge in [-0.1, -0.05) is 6.07 Å². The molecule has 26 heavy (non-hydrogen) atoms. The third-order valence-corrected chi connectivity index (χ3v) is 3.90. The van der Waals surface area contributed by atoms with Gasteiger partial charge in [0.2, 0.25) is 0 Å². The molecular weight excluding hydrogens is 345 g/mol. The largest absolute Gasteiger partial charge is 0.416 e. The molecule has 3 aromatic rings. The maximum atomic E-state index is 12.9. The standard InChI is InChI=1S/C18H17F3N4O/c19-18(20,21)12-3-1-4-14(10-12)25-16-15-11(6-8-23-17(15)26)9-13(24-16)5-2-7-22/h1,3-4,6,8-10H,2,5,7,22H2,(H,23,26)(H,24,25). The molecule has 0 bridgehead atoms. The number of anilines is 2. The monoisotopic (exact) mass is 362 g/mol. The molecule has 1 aromatic carbocycles. The highest BCUT2D eigenvalue weighted by molar-refractivity contribution is 5.92. The minimum Gasteiger partial charge on any atom is -0.340 e. The van der Waals surface area contributed by atoms with Crippen LogP contribution in [0.2, 0.25) is 0 Å². The van der Waals surface area contributed by atoms with E-state index in [1.54, 1.807) is 12.1 Å². The molecule has 0 spiro atoms. The lowest BCUT2D eigenvalue weighted by atomic mass is 10.1. The van der Waals surface area contributed by atoms with Crippen molar-refractivity contribution >= 4 is 22.3 Å². The Morgan fingerprint density at radius 3 is 2.73 bits per heavy atom. The lowest BCUT2D eigenvalue weighted by molar-refractivity contribution is -0.137. The van der Waals surface area contributed by atoms with Gasteiger partial charge in [0.1, 0.15) is 5.82 Å². The van der Waals surface area contributed by atoms with Crippen LogP contribution in [0.3, 0.4) is 0 Å². The molecule has 136 valence electrons. The highest BCUT2D eigenvalue weighted by atomic mass is 19.4. The number of nitrogens with one attached hydrogen (secondary N) is 2. The normalized spacial score (nSPS) is 11.7. The molecule has 4 N–H and O–H groups in total. The molecule has 0 aliphatic heterocycles. The molecule has 0 radical (unpaired) electrons. The second-order valence-corrected chi connectivity index (χ2v) is 5.83. The molecule has 0 aliphatic carbocycles. The number of aromatic nitrogens is 2. The number of fused-ring (bicyclic) bond motifs is 1. The van der Waals surface area contributed by atoms with Crippen molar-refractivity contribution in [2.75, 3.05) is 11.9 Å². The lowest BCUT2D eigenvalue weighted by Crippen LogP contribution is -2.11. The van der Waals surface area contributed by atoms with Gasteiger partial charge < -0.3 is 16.0 Å². The molecule has 3 rings (SSSR count). The molecule has 0 fully saturated rings. The van der Waals surface area contributed by atoms with E-state index in [0.29, 0.717) is 35.9 Å². The number of hydrogen-bond donors (Lipinski definition) is 3. The number of hydrogen-bond acceptors (Lipinski definition) is 4. The van der Waals surface area contributed by atoms with Crippen LogP contribution < -0.4 is 16.6 Å². The van der Waals surface area contributed by atoms with Crippen LogP contribution in [0.25, 0.3) is 10.8 Å². The van der Waals surface area contributed by atoms with Gasteiger partial charge in [0.15, 0.2) is 0 Å². The molecule has 5 nitrogen and oxygen atoms in total. The Hall–Kier alpha value is -2.87. The summed E-state index contributed by atoms with van der Waals surface area (Å²) in [6.45, 7) is 0.492. The predicted octanol–water partition coefficient (Wildman–Crippen LogP) is 3.58. The average Bonchev–Trinajstić information content (AvgIpc) is 2.59. The summed E-state index contributed by atoms with van der Waals surface area (Å²) in [5.74, 6) is 0.218. The summed E-state index contributed by atoms with van der Waals surface area (Å²) in [6, 6.07) is 8.28. The fourth-order valence-corrected chi connectivity index (χ4v) is 2.68. The summed E-state index contributed by atoms with van der Waals surface area (Å²) in [7, 11) is 0. The Labute approximate surface area is 147 Å². The highest BCUT2D eigenvalue weighted by Crippen LogP contribution is 2.32. The van der Waals surface area contributed by atoms with Gasteiger partial charge in [0, 0.05) is 17.6 Å². The van der Waals surface area contributed by atoms with Gasteiger partial charge in [-0.25, -0.2) is 4.98 Å². The van der Waals surface area contributed by atoms with Crippen LogP contribution in [0.15, 0.2) is 47.4 Å². The zero-order valence-corrected chi connectivity index (χ0v) is 13.7. The van der Waals surface area contributed by atoms with Gasteiger partial charge in [0.25, 0.3) is 5.56 Å². The lowest BCUT2D eigenvalue weighted by Gasteiger charge is -2.13.